The second-order valence-corrected chi connectivity index (χ2v) is 7.97. The molecule has 1 spiro atoms. The van der Waals surface area contributed by atoms with Gasteiger partial charge in [-0.15, -0.1) is 14.8 Å². The third-order valence-electron chi connectivity index (χ3n) is 6.30. The van der Waals surface area contributed by atoms with Crippen molar-refractivity contribution in [2.75, 3.05) is 0 Å². The second-order valence-electron chi connectivity index (χ2n) is 7.97. The van der Waals surface area contributed by atoms with E-state index in [1.54, 1.807) is 42.7 Å². The van der Waals surface area contributed by atoms with E-state index in [9.17, 15) is 9.18 Å². The molecule has 1 aromatic carbocycles. The highest BCUT2D eigenvalue weighted by Crippen LogP contribution is 2.49. The molecule has 2 aliphatic rings. The summed E-state index contributed by atoms with van der Waals surface area (Å²) in [5.41, 5.74) is 2.68. The minimum absolute atomic E-state index is 0.216. The quantitative estimate of drug-likeness (QED) is 0.512. The number of esters is 1. The summed E-state index contributed by atoms with van der Waals surface area (Å²) in [5.74, 6) is 0.497. The summed E-state index contributed by atoms with van der Waals surface area (Å²) in [6.07, 6.45) is 6.50. The molecule has 30 heavy (non-hydrogen) atoms. The number of ether oxygens (including phenoxy) is 1. The van der Waals surface area contributed by atoms with Crippen LogP contribution in [0.5, 0.6) is 0 Å². The molecule has 1 N–H and O–H groups in total. The minimum Gasteiger partial charge on any atom is -0.450 e. The Morgan fingerprint density at radius 3 is 2.77 bits per heavy atom. The number of rotatable bonds is 2. The predicted molar refractivity (Wildman–Crippen MR) is 105 cm³/mol. The van der Waals surface area contributed by atoms with Gasteiger partial charge in [0, 0.05) is 35.5 Å². The third kappa shape index (κ3) is 2.49. The van der Waals surface area contributed by atoms with Crippen LogP contribution in [0, 0.1) is 5.82 Å². The molecule has 0 saturated heterocycles. The Hall–Kier alpha value is -3.55. The van der Waals surface area contributed by atoms with Crippen LogP contribution in [0.25, 0.3) is 16.9 Å². The van der Waals surface area contributed by atoms with Crippen molar-refractivity contribution in [3.63, 3.8) is 0 Å². The maximum atomic E-state index is 14.0. The largest absolute Gasteiger partial charge is 0.450 e. The van der Waals surface area contributed by atoms with Gasteiger partial charge in [0.25, 0.3) is 0 Å². The molecule has 1 aliphatic heterocycles. The lowest BCUT2D eigenvalue weighted by atomic mass is 9.75. The Kier molecular flexibility index (Phi) is 3.59. The maximum absolute atomic E-state index is 14.0. The molecule has 150 valence electrons. The van der Waals surface area contributed by atoms with Gasteiger partial charge in [-0.05, 0) is 43.9 Å². The van der Waals surface area contributed by atoms with Gasteiger partial charge in [0.2, 0.25) is 0 Å². The lowest BCUT2D eigenvalue weighted by Gasteiger charge is -2.35. The van der Waals surface area contributed by atoms with Crippen molar-refractivity contribution in [2.24, 2.45) is 0 Å². The number of nitrogens with one attached hydrogen (secondary N) is 1. The van der Waals surface area contributed by atoms with Crippen molar-refractivity contribution in [3.8, 4) is 11.3 Å². The number of H-pyrrole nitrogens is 1. The molecule has 0 unspecified atom stereocenters. The highest BCUT2D eigenvalue weighted by atomic mass is 19.1. The SMILES string of the molecule is O=C1O[C@]2(CC[C@@H](c3nn4nc(-c5ccccc5F)cc4[nH]3)CC2)c2cnccc21. The van der Waals surface area contributed by atoms with Gasteiger partial charge >= 0.3 is 5.97 Å². The van der Waals surface area contributed by atoms with Crippen molar-refractivity contribution in [2.45, 2.75) is 37.2 Å². The summed E-state index contributed by atoms with van der Waals surface area (Å²) in [6, 6.07) is 10.1. The lowest BCUT2D eigenvalue weighted by molar-refractivity contribution is -0.0313. The maximum Gasteiger partial charge on any atom is 0.339 e. The zero-order valence-corrected chi connectivity index (χ0v) is 16.0. The van der Waals surface area contributed by atoms with Crippen molar-refractivity contribution < 1.29 is 13.9 Å². The number of nitrogens with zero attached hydrogens (tertiary/aromatic N) is 4. The Morgan fingerprint density at radius 1 is 1.13 bits per heavy atom. The summed E-state index contributed by atoms with van der Waals surface area (Å²) < 4.78 is 21.4. The van der Waals surface area contributed by atoms with Gasteiger partial charge in [0.15, 0.2) is 5.65 Å². The molecular formula is C22H18FN5O2. The van der Waals surface area contributed by atoms with Crippen molar-refractivity contribution >= 4 is 11.6 Å². The average molecular weight is 403 g/mol. The van der Waals surface area contributed by atoms with E-state index in [0.29, 0.717) is 16.8 Å². The van der Waals surface area contributed by atoms with E-state index in [1.807, 2.05) is 0 Å². The normalized spacial score (nSPS) is 23.1. The molecule has 3 aromatic heterocycles. The van der Waals surface area contributed by atoms with E-state index in [-0.39, 0.29) is 17.7 Å². The van der Waals surface area contributed by atoms with E-state index in [0.717, 1.165) is 42.7 Å². The first-order chi connectivity index (χ1) is 14.6. The molecule has 7 nitrogen and oxygen atoms in total. The van der Waals surface area contributed by atoms with Crippen LogP contribution in [0.4, 0.5) is 4.39 Å². The van der Waals surface area contributed by atoms with Crippen LogP contribution in [0.15, 0.2) is 48.8 Å². The summed E-state index contributed by atoms with van der Waals surface area (Å²) >= 11 is 0. The number of halogens is 1. The third-order valence-corrected chi connectivity index (χ3v) is 6.30. The predicted octanol–water partition coefficient (Wildman–Crippen LogP) is 3.98. The second kappa shape index (κ2) is 6.22. The highest BCUT2D eigenvalue weighted by Gasteiger charge is 2.48. The van der Waals surface area contributed by atoms with Gasteiger partial charge in [-0.25, -0.2) is 9.18 Å². The Labute approximate surface area is 170 Å². The monoisotopic (exact) mass is 403 g/mol. The van der Waals surface area contributed by atoms with E-state index < -0.39 is 5.60 Å². The van der Waals surface area contributed by atoms with Crippen molar-refractivity contribution in [3.05, 3.63) is 71.6 Å². The molecule has 0 bridgehead atoms. The number of benzene rings is 1. The van der Waals surface area contributed by atoms with Crippen molar-refractivity contribution in [1.82, 2.24) is 24.8 Å². The van der Waals surface area contributed by atoms with Gasteiger partial charge in [-0.3, -0.25) is 4.98 Å². The van der Waals surface area contributed by atoms with Crippen LogP contribution in [-0.2, 0) is 10.3 Å². The Balaban J connectivity index is 1.24. The van der Waals surface area contributed by atoms with E-state index in [4.69, 9.17) is 4.74 Å². The van der Waals surface area contributed by atoms with Crippen LogP contribution in [0.3, 0.4) is 0 Å². The Bertz CT molecular complexity index is 1250. The number of hydrogen-bond donors (Lipinski definition) is 1. The Morgan fingerprint density at radius 2 is 1.97 bits per heavy atom. The fourth-order valence-electron chi connectivity index (χ4n) is 4.73. The van der Waals surface area contributed by atoms with Crippen LogP contribution in [0.1, 0.15) is 53.3 Å². The average Bonchev–Trinajstić information content (AvgIpc) is 3.41. The molecule has 1 fully saturated rings. The fraction of sp³-hybridized carbons (Fsp3) is 0.273. The summed E-state index contributed by atoms with van der Waals surface area (Å²) in [5, 5.41) is 9.02. The van der Waals surface area contributed by atoms with Gasteiger partial charge in [0.1, 0.15) is 17.2 Å². The van der Waals surface area contributed by atoms with Gasteiger partial charge in [0.05, 0.1) is 11.3 Å². The number of hydrogen-bond acceptors (Lipinski definition) is 5. The highest BCUT2D eigenvalue weighted by molar-refractivity contribution is 5.94. The van der Waals surface area contributed by atoms with E-state index in [2.05, 4.69) is 20.2 Å². The van der Waals surface area contributed by atoms with E-state index in [1.165, 1.54) is 10.7 Å². The van der Waals surface area contributed by atoms with E-state index >= 15 is 0 Å². The molecule has 0 radical (unpaired) electrons. The molecule has 1 aliphatic carbocycles. The summed E-state index contributed by atoms with van der Waals surface area (Å²) in [4.78, 5) is 19.8. The molecule has 0 amide bonds. The first-order valence-electron chi connectivity index (χ1n) is 10.0. The summed E-state index contributed by atoms with van der Waals surface area (Å²) in [7, 11) is 0. The first-order valence-corrected chi connectivity index (χ1v) is 10.0. The molecular weight excluding hydrogens is 385 g/mol. The lowest BCUT2D eigenvalue weighted by Crippen LogP contribution is -2.31. The number of fused-ring (bicyclic) bond motifs is 3. The molecule has 6 rings (SSSR count). The van der Waals surface area contributed by atoms with Crippen LogP contribution >= 0.6 is 0 Å². The topological polar surface area (TPSA) is 85.2 Å². The van der Waals surface area contributed by atoms with Gasteiger partial charge < -0.3 is 9.72 Å². The van der Waals surface area contributed by atoms with Gasteiger partial charge in [-0.1, -0.05) is 12.1 Å². The van der Waals surface area contributed by atoms with Crippen molar-refractivity contribution in [1.29, 1.82) is 0 Å². The fourth-order valence-corrected chi connectivity index (χ4v) is 4.73. The zero-order chi connectivity index (χ0) is 20.3. The molecule has 8 heteroatoms. The molecule has 4 aromatic rings. The molecule has 4 heterocycles. The van der Waals surface area contributed by atoms with Crippen LogP contribution in [0.2, 0.25) is 0 Å². The number of carbonyl (C=O) groups excluding carboxylic acids is 1. The minimum atomic E-state index is -0.568. The smallest absolute Gasteiger partial charge is 0.339 e. The standard InChI is InChI=1S/C22H18FN5O2/c23-17-4-2-1-3-15(17)18-11-19-25-20(27-28(19)26-18)13-5-8-22(9-6-13)16-12-24-10-7-14(16)21(29)30-22/h1-4,7,10-13H,5-6,8-9H2,(H,25,27)/t13-,22+. The van der Waals surface area contributed by atoms with Crippen LogP contribution < -0.4 is 0 Å². The molecule has 0 atom stereocenters. The van der Waals surface area contributed by atoms with Crippen LogP contribution in [-0.4, -0.2) is 30.8 Å². The number of aromatic amines is 1. The van der Waals surface area contributed by atoms with Gasteiger partial charge in [-0.2, -0.15) is 0 Å². The molecule has 1 saturated carbocycles. The number of carbonyl (C=O) groups is 1. The number of aromatic nitrogens is 5. The summed E-state index contributed by atoms with van der Waals surface area (Å²) in [6.45, 7) is 0. The zero-order valence-electron chi connectivity index (χ0n) is 16.0. The first kappa shape index (κ1) is 17.3. The number of pyridine rings is 1.